The molecule has 0 spiro atoms. The number of halogens is 1. The molecule has 0 bridgehead atoms. The van der Waals surface area contributed by atoms with Crippen molar-refractivity contribution in [1.82, 2.24) is 9.55 Å². The number of amides is 1. The number of nitrogen functional groups attached to an aromatic ring is 1. The zero-order valence-electron chi connectivity index (χ0n) is 9.57. The number of hydrogen-bond donors (Lipinski definition) is 2. The van der Waals surface area contributed by atoms with Gasteiger partial charge >= 0.3 is 0 Å². The van der Waals surface area contributed by atoms with Crippen molar-refractivity contribution in [2.45, 2.75) is 19.4 Å². The number of fused-ring (bicyclic) bond motifs is 1. The Morgan fingerprint density at radius 3 is 2.71 bits per heavy atom. The molecule has 0 saturated carbocycles. The normalized spacial score (nSPS) is 11.9. The highest BCUT2D eigenvalue weighted by atomic mass is 35.5. The summed E-state index contributed by atoms with van der Waals surface area (Å²) >= 11 is 5.93. The summed E-state index contributed by atoms with van der Waals surface area (Å²) in [7, 11) is 0. The molecule has 0 radical (unpaired) electrons. The fourth-order valence-corrected chi connectivity index (χ4v) is 1.93. The number of nitrogens with zero attached hydrogens (tertiary/aromatic N) is 2. The van der Waals surface area contributed by atoms with E-state index in [1.54, 1.807) is 36.6 Å². The summed E-state index contributed by atoms with van der Waals surface area (Å²) in [5.41, 5.74) is 11.6. The van der Waals surface area contributed by atoms with Gasteiger partial charge in [-0.15, -0.1) is 0 Å². The Kier molecular flexibility index (Phi) is 2.50. The molecular weight excluding hydrogens is 240 g/mol. The van der Waals surface area contributed by atoms with Crippen molar-refractivity contribution in [3.8, 4) is 0 Å². The van der Waals surface area contributed by atoms with Gasteiger partial charge in [0.05, 0.1) is 11.0 Å². The van der Waals surface area contributed by atoms with Crippen molar-refractivity contribution >= 4 is 34.5 Å². The van der Waals surface area contributed by atoms with Crippen LogP contribution in [0.1, 0.15) is 13.8 Å². The van der Waals surface area contributed by atoms with Crippen LogP contribution >= 0.6 is 11.6 Å². The molecule has 0 aliphatic carbocycles. The van der Waals surface area contributed by atoms with E-state index >= 15 is 0 Å². The Morgan fingerprint density at radius 1 is 1.47 bits per heavy atom. The number of imidazole rings is 1. The number of aromatic nitrogens is 2. The minimum atomic E-state index is -0.955. The molecule has 0 aliphatic rings. The maximum absolute atomic E-state index is 11.5. The molecule has 6 heteroatoms. The molecular formula is C11H13ClN4O. The average Bonchev–Trinajstić information content (AvgIpc) is 2.53. The van der Waals surface area contributed by atoms with Gasteiger partial charge in [-0.1, -0.05) is 11.6 Å². The number of anilines is 1. The standard InChI is InChI=1S/C11H13ClN4O/c1-11(2,9(13)17)16-8-5-6(12)3-4-7(8)15-10(16)14/h3-5H,1-2H3,(H2,13,17)(H2,14,15). The summed E-state index contributed by atoms with van der Waals surface area (Å²) in [5, 5.41) is 0.555. The maximum atomic E-state index is 11.5. The van der Waals surface area contributed by atoms with Crippen molar-refractivity contribution in [2.24, 2.45) is 5.73 Å². The van der Waals surface area contributed by atoms with Crippen LogP contribution in [0, 0.1) is 0 Å². The number of carbonyl (C=O) groups excluding carboxylic acids is 1. The van der Waals surface area contributed by atoms with Gasteiger partial charge in [-0.05, 0) is 32.0 Å². The van der Waals surface area contributed by atoms with E-state index in [9.17, 15) is 4.79 Å². The molecule has 0 fully saturated rings. The average molecular weight is 253 g/mol. The third-order valence-corrected chi connectivity index (χ3v) is 3.04. The van der Waals surface area contributed by atoms with Gasteiger partial charge in [-0.2, -0.15) is 0 Å². The molecule has 1 amide bonds. The molecule has 5 nitrogen and oxygen atoms in total. The fourth-order valence-electron chi connectivity index (χ4n) is 1.76. The van der Waals surface area contributed by atoms with E-state index in [-0.39, 0.29) is 5.95 Å². The Balaban J connectivity index is 2.80. The van der Waals surface area contributed by atoms with Gasteiger partial charge in [-0.3, -0.25) is 9.36 Å². The van der Waals surface area contributed by atoms with Crippen LogP contribution in [0.4, 0.5) is 5.95 Å². The zero-order valence-corrected chi connectivity index (χ0v) is 10.3. The number of rotatable bonds is 2. The second-order valence-corrected chi connectivity index (χ2v) is 4.80. The molecule has 1 heterocycles. The lowest BCUT2D eigenvalue weighted by Crippen LogP contribution is -2.41. The summed E-state index contributed by atoms with van der Waals surface area (Å²) in [6, 6.07) is 5.18. The first kappa shape index (κ1) is 11.7. The molecule has 90 valence electrons. The SMILES string of the molecule is CC(C)(C(N)=O)n1c(N)nc2ccc(Cl)cc21. The number of hydrogen-bond acceptors (Lipinski definition) is 3. The topological polar surface area (TPSA) is 86.9 Å². The van der Waals surface area contributed by atoms with Gasteiger partial charge < -0.3 is 11.5 Å². The smallest absolute Gasteiger partial charge is 0.243 e. The lowest BCUT2D eigenvalue weighted by molar-refractivity contribution is -0.124. The molecule has 0 atom stereocenters. The molecule has 0 aliphatic heterocycles. The first-order valence-corrected chi connectivity index (χ1v) is 5.45. The van der Waals surface area contributed by atoms with Crippen LogP contribution in [0.2, 0.25) is 5.02 Å². The van der Waals surface area contributed by atoms with E-state index in [1.807, 2.05) is 0 Å². The minimum Gasteiger partial charge on any atom is -0.369 e. The van der Waals surface area contributed by atoms with Crippen LogP contribution in [-0.2, 0) is 10.3 Å². The fraction of sp³-hybridized carbons (Fsp3) is 0.273. The van der Waals surface area contributed by atoms with Gasteiger partial charge in [0.15, 0.2) is 0 Å². The lowest BCUT2D eigenvalue weighted by Gasteiger charge is -2.24. The third-order valence-electron chi connectivity index (χ3n) is 2.80. The molecule has 0 unspecified atom stereocenters. The van der Waals surface area contributed by atoms with Crippen molar-refractivity contribution < 1.29 is 4.79 Å². The maximum Gasteiger partial charge on any atom is 0.243 e. The van der Waals surface area contributed by atoms with Crippen LogP contribution in [0.3, 0.4) is 0 Å². The van der Waals surface area contributed by atoms with Gasteiger partial charge in [0.2, 0.25) is 11.9 Å². The molecule has 2 rings (SSSR count). The summed E-state index contributed by atoms with van der Waals surface area (Å²) in [6.07, 6.45) is 0. The van der Waals surface area contributed by atoms with Gasteiger partial charge in [0, 0.05) is 5.02 Å². The van der Waals surface area contributed by atoms with Crippen LogP contribution in [0.25, 0.3) is 11.0 Å². The number of nitrogens with two attached hydrogens (primary N) is 2. The quantitative estimate of drug-likeness (QED) is 0.849. The van der Waals surface area contributed by atoms with Crippen molar-refractivity contribution in [3.05, 3.63) is 23.2 Å². The Morgan fingerprint density at radius 2 is 2.12 bits per heavy atom. The highest BCUT2D eigenvalue weighted by Crippen LogP contribution is 2.28. The van der Waals surface area contributed by atoms with Crippen molar-refractivity contribution in [1.29, 1.82) is 0 Å². The molecule has 2 aromatic rings. The zero-order chi connectivity index (χ0) is 12.8. The number of benzene rings is 1. The molecule has 0 saturated heterocycles. The monoisotopic (exact) mass is 252 g/mol. The Labute approximate surface area is 103 Å². The van der Waals surface area contributed by atoms with E-state index in [1.165, 1.54) is 0 Å². The second-order valence-electron chi connectivity index (χ2n) is 4.36. The predicted octanol–water partition coefficient (Wildman–Crippen LogP) is 1.49. The summed E-state index contributed by atoms with van der Waals surface area (Å²) in [5.74, 6) is -0.241. The number of primary amides is 1. The van der Waals surface area contributed by atoms with Gasteiger partial charge in [0.25, 0.3) is 0 Å². The van der Waals surface area contributed by atoms with Gasteiger partial charge in [0.1, 0.15) is 5.54 Å². The highest BCUT2D eigenvalue weighted by molar-refractivity contribution is 6.31. The van der Waals surface area contributed by atoms with Crippen molar-refractivity contribution in [3.63, 3.8) is 0 Å². The minimum absolute atomic E-state index is 0.242. The van der Waals surface area contributed by atoms with E-state index in [0.29, 0.717) is 16.1 Å². The third kappa shape index (κ3) is 1.72. The lowest BCUT2D eigenvalue weighted by atomic mass is 10.0. The molecule has 1 aromatic carbocycles. The van der Waals surface area contributed by atoms with E-state index in [2.05, 4.69) is 4.98 Å². The van der Waals surface area contributed by atoms with E-state index in [0.717, 1.165) is 0 Å². The Bertz CT molecular complexity index is 603. The van der Waals surface area contributed by atoms with Crippen LogP contribution in [0.15, 0.2) is 18.2 Å². The first-order chi connectivity index (χ1) is 7.84. The summed E-state index contributed by atoms with van der Waals surface area (Å²) < 4.78 is 1.59. The van der Waals surface area contributed by atoms with Crippen LogP contribution < -0.4 is 11.5 Å². The summed E-state index contributed by atoms with van der Waals surface area (Å²) in [4.78, 5) is 15.7. The molecule has 1 aromatic heterocycles. The first-order valence-electron chi connectivity index (χ1n) is 5.08. The largest absolute Gasteiger partial charge is 0.369 e. The van der Waals surface area contributed by atoms with Gasteiger partial charge in [-0.25, -0.2) is 4.98 Å². The van der Waals surface area contributed by atoms with Crippen molar-refractivity contribution in [2.75, 3.05) is 5.73 Å². The number of carbonyl (C=O) groups is 1. The second kappa shape index (κ2) is 3.63. The van der Waals surface area contributed by atoms with E-state index < -0.39 is 11.4 Å². The summed E-state index contributed by atoms with van der Waals surface area (Å²) in [6.45, 7) is 3.38. The molecule has 4 N–H and O–H groups in total. The van der Waals surface area contributed by atoms with Crippen LogP contribution in [0.5, 0.6) is 0 Å². The highest BCUT2D eigenvalue weighted by Gasteiger charge is 2.31. The predicted molar refractivity (Wildman–Crippen MR) is 67.7 cm³/mol. The van der Waals surface area contributed by atoms with Crippen LogP contribution in [-0.4, -0.2) is 15.5 Å². The van der Waals surface area contributed by atoms with E-state index in [4.69, 9.17) is 23.1 Å². The molecule has 17 heavy (non-hydrogen) atoms. The Hall–Kier alpha value is -1.75.